The van der Waals surface area contributed by atoms with Crippen molar-refractivity contribution in [2.45, 2.75) is 38.4 Å². The Labute approximate surface area is 88.9 Å². The maximum Gasteiger partial charge on any atom is 0.107 e. The minimum Gasteiger partial charge on any atom is -0.328 e. The van der Waals surface area contributed by atoms with Crippen LogP contribution >= 0.6 is 11.3 Å². The zero-order valence-corrected chi connectivity index (χ0v) is 9.55. The zero-order chi connectivity index (χ0) is 10.1. The van der Waals surface area contributed by atoms with Crippen molar-refractivity contribution < 1.29 is 0 Å². The summed E-state index contributed by atoms with van der Waals surface area (Å²) < 4.78 is 0. The molecule has 4 heteroatoms. The second-order valence-corrected chi connectivity index (χ2v) is 5.13. The SMILES string of the molecule is Cc1csc(CN(C)C2CC(N)C2)n1. The van der Waals surface area contributed by atoms with Crippen molar-refractivity contribution in [2.75, 3.05) is 7.05 Å². The van der Waals surface area contributed by atoms with Crippen LogP contribution in [0, 0.1) is 6.92 Å². The molecular formula is C10H17N3S. The van der Waals surface area contributed by atoms with E-state index in [0.717, 1.165) is 25.1 Å². The van der Waals surface area contributed by atoms with E-state index in [1.54, 1.807) is 11.3 Å². The third kappa shape index (κ3) is 2.13. The molecule has 0 radical (unpaired) electrons. The van der Waals surface area contributed by atoms with E-state index in [0.29, 0.717) is 12.1 Å². The highest BCUT2D eigenvalue weighted by Crippen LogP contribution is 2.24. The largest absolute Gasteiger partial charge is 0.328 e. The van der Waals surface area contributed by atoms with Gasteiger partial charge in [-0.1, -0.05) is 0 Å². The van der Waals surface area contributed by atoms with Gasteiger partial charge in [-0.2, -0.15) is 0 Å². The monoisotopic (exact) mass is 211 g/mol. The van der Waals surface area contributed by atoms with Crippen LogP contribution < -0.4 is 5.73 Å². The summed E-state index contributed by atoms with van der Waals surface area (Å²) in [6.07, 6.45) is 2.28. The first-order valence-electron chi connectivity index (χ1n) is 5.02. The fourth-order valence-electron chi connectivity index (χ4n) is 1.81. The van der Waals surface area contributed by atoms with Gasteiger partial charge in [0.25, 0.3) is 0 Å². The average molecular weight is 211 g/mol. The third-order valence-corrected chi connectivity index (χ3v) is 3.78. The second-order valence-electron chi connectivity index (χ2n) is 4.18. The maximum atomic E-state index is 5.76. The van der Waals surface area contributed by atoms with Crippen molar-refractivity contribution in [3.8, 4) is 0 Å². The van der Waals surface area contributed by atoms with Gasteiger partial charge in [-0.25, -0.2) is 4.98 Å². The van der Waals surface area contributed by atoms with E-state index >= 15 is 0 Å². The lowest BCUT2D eigenvalue weighted by molar-refractivity contribution is 0.132. The normalized spacial score (nSPS) is 26.6. The van der Waals surface area contributed by atoms with Gasteiger partial charge in [0, 0.05) is 23.2 Å². The molecule has 0 unspecified atom stereocenters. The Balaban J connectivity index is 1.85. The molecule has 1 aromatic heterocycles. The molecule has 1 aliphatic rings. The molecule has 1 heterocycles. The molecule has 1 fully saturated rings. The van der Waals surface area contributed by atoms with E-state index in [-0.39, 0.29) is 0 Å². The van der Waals surface area contributed by atoms with Crippen molar-refractivity contribution in [2.24, 2.45) is 5.73 Å². The molecule has 0 amide bonds. The molecule has 78 valence electrons. The topological polar surface area (TPSA) is 42.1 Å². The minimum absolute atomic E-state index is 0.431. The summed E-state index contributed by atoms with van der Waals surface area (Å²) in [6, 6.07) is 1.11. The number of rotatable bonds is 3. The third-order valence-electron chi connectivity index (χ3n) is 2.82. The molecule has 1 aliphatic carbocycles. The first kappa shape index (κ1) is 10.1. The predicted octanol–water partition coefficient (Wildman–Crippen LogP) is 1.37. The highest BCUT2D eigenvalue weighted by molar-refractivity contribution is 7.09. The highest BCUT2D eigenvalue weighted by Gasteiger charge is 2.29. The smallest absolute Gasteiger partial charge is 0.107 e. The standard InChI is InChI=1S/C10H17N3S/c1-7-6-14-10(12-7)5-13(2)9-3-8(11)4-9/h6,8-9H,3-5,11H2,1-2H3. The van der Waals surface area contributed by atoms with Gasteiger partial charge in [0.05, 0.1) is 6.54 Å². The molecule has 0 aliphatic heterocycles. The van der Waals surface area contributed by atoms with Crippen molar-refractivity contribution in [1.29, 1.82) is 0 Å². The summed E-state index contributed by atoms with van der Waals surface area (Å²) >= 11 is 1.75. The highest BCUT2D eigenvalue weighted by atomic mass is 32.1. The fraction of sp³-hybridized carbons (Fsp3) is 0.700. The van der Waals surface area contributed by atoms with Crippen LogP contribution in [0.2, 0.25) is 0 Å². The molecule has 2 N–H and O–H groups in total. The van der Waals surface area contributed by atoms with Crippen LogP contribution in [0.3, 0.4) is 0 Å². The molecule has 0 spiro atoms. The summed E-state index contributed by atoms with van der Waals surface area (Å²) in [5.41, 5.74) is 6.89. The molecule has 2 rings (SSSR count). The van der Waals surface area contributed by atoms with E-state index < -0.39 is 0 Å². The average Bonchev–Trinajstić information content (AvgIpc) is 2.45. The lowest BCUT2D eigenvalue weighted by atomic mass is 9.86. The maximum absolute atomic E-state index is 5.76. The van der Waals surface area contributed by atoms with Crippen molar-refractivity contribution in [1.82, 2.24) is 9.88 Å². The quantitative estimate of drug-likeness (QED) is 0.821. The Morgan fingerprint density at radius 3 is 2.86 bits per heavy atom. The first-order valence-corrected chi connectivity index (χ1v) is 5.90. The van der Waals surface area contributed by atoms with Crippen LogP contribution in [0.25, 0.3) is 0 Å². The molecule has 1 aromatic rings. The van der Waals surface area contributed by atoms with Crippen LogP contribution in [-0.4, -0.2) is 29.0 Å². The zero-order valence-electron chi connectivity index (χ0n) is 8.73. The van der Waals surface area contributed by atoms with Gasteiger partial charge in [-0.3, -0.25) is 4.90 Å². The lowest BCUT2D eigenvalue weighted by Gasteiger charge is -2.38. The molecule has 0 bridgehead atoms. The van der Waals surface area contributed by atoms with Crippen LogP contribution in [0.15, 0.2) is 5.38 Å². The molecule has 0 aromatic carbocycles. The van der Waals surface area contributed by atoms with Gasteiger partial charge in [0.2, 0.25) is 0 Å². The molecule has 0 atom stereocenters. The Morgan fingerprint density at radius 1 is 1.64 bits per heavy atom. The van der Waals surface area contributed by atoms with Crippen molar-refractivity contribution in [3.63, 3.8) is 0 Å². The number of nitrogens with zero attached hydrogens (tertiary/aromatic N) is 2. The number of hydrogen-bond acceptors (Lipinski definition) is 4. The summed E-state index contributed by atoms with van der Waals surface area (Å²) in [7, 11) is 2.16. The summed E-state index contributed by atoms with van der Waals surface area (Å²) in [6.45, 7) is 3.01. The number of aryl methyl sites for hydroxylation is 1. The van der Waals surface area contributed by atoms with E-state index in [4.69, 9.17) is 5.73 Å². The first-order chi connectivity index (χ1) is 6.65. The fourth-order valence-corrected chi connectivity index (χ4v) is 2.64. The Hall–Kier alpha value is -0.450. The van der Waals surface area contributed by atoms with Crippen LogP contribution in [0.4, 0.5) is 0 Å². The van der Waals surface area contributed by atoms with Gasteiger partial charge in [-0.15, -0.1) is 11.3 Å². The number of thiazole rings is 1. The van der Waals surface area contributed by atoms with Gasteiger partial charge < -0.3 is 5.73 Å². The molecule has 1 saturated carbocycles. The minimum atomic E-state index is 0.431. The number of nitrogens with two attached hydrogens (primary N) is 1. The molecule has 0 saturated heterocycles. The van der Waals surface area contributed by atoms with Gasteiger partial charge in [0.15, 0.2) is 0 Å². The van der Waals surface area contributed by atoms with Crippen molar-refractivity contribution >= 4 is 11.3 Å². The van der Waals surface area contributed by atoms with Crippen molar-refractivity contribution in [3.05, 3.63) is 16.1 Å². The van der Waals surface area contributed by atoms with Gasteiger partial charge in [0.1, 0.15) is 5.01 Å². The predicted molar refractivity (Wildman–Crippen MR) is 59.3 cm³/mol. The second kappa shape index (κ2) is 3.96. The Kier molecular flexibility index (Phi) is 2.85. The Morgan fingerprint density at radius 2 is 2.36 bits per heavy atom. The molecular weight excluding hydrogens is 194 g/mol. The summed E-state index contributed by atoms with van der Waals surface area (Å²) in [5, 5.41) is 3.32. The number of hydrogen-bond donors (Lipinski definition) is 1. The molecule has 14 heavy (non-hydrogen) atoms. The summed E-state index contributed by atoms with van der Waals surface area (Å²) in [5.74, 6) is 0. The van der Waals surface area contributed by atoms with Gasteiger partial charge >= 0.3 is 0 Å². The van der Waals surface area contributed by atoms with E-state index in [9.17, 15) is 0 Å². The van der Waals surface area contributed by atoms with Crippen LogP contribution in [0.1, 0.15) is 23.5 Å². The number of aromatic nitrogens is 1. The van der Waals surface area contributed by atoms with Crippen LogP contribution in [-0.2, 0) is 6.54 Å². The van der Waals surface area contributed by atoms with Crippen LogP contribution in [0.5, 0.6) is 0 Å². The Bertz CT molecular complexity index is 304. The van der Waals surface area contributed by atoms with E-state index in [1.807, 2.05) is 6.92 Å². The van der Waals surface area contributed by atoms with E-state index in [1.165, 1.54) is 5.01 Å². The van der Waals surface area contributed by atoms with Gasteiger partial charge in [-0.05, 0) is 26.8 Å². The van der Waals surface area contributed by atoms with E-state index in [2.05, 4.69) is 22.3 Å². The summed E-state index contributed by atoms with van der Waals surface area (Å²) in [4.78, 5) is 6.82. The molecule has 3 nitrogen and oxygen atoms in total. The lowest BCUT2D eigenvalue weighted by Crippen LogP contribution is -2.48.